The normalized spacial score (nSPS) is 18.2. The van der Waals surface area contributed by atoms with Gasteiger partial charge in [-0.05, 0) is 32.7 Å². The van der Waals surface area contributed by atoms with Gasteiger partial charge in [-0.1, -0.05) is 0 Å². The zero-order chi connectivity index (χ0) is 12.2. The van der Waals surface area contributed by atoms with Gasteiger partial charge in [0.1, 0.15) is 0 Å². The third-order valence-corrected chi connectivity index (χ3v) is 3.02. The standard InChI is InChI=1S/C13H28N2O2/c1-2-16-11-4-3-6-14-7-9-15-8-5-12-17-13-10-15/h14H,2-13H2,1H3. The van der Waals surface area contributed by atoms with E-state index in [0.717, 1.165) is 52.6 Å². The Labute approximate surface area is 106 Å². The van der Waals surface area contributed by atoms with E-state index in [1.807, 2.05) is 6.92 Å². The molecule has 1 heterocycles. The first-order valence-electron chi connectivity index (χ1n) is 7.02. The number of nitrogens with one attached hydrogen (secondary N) is 1. The second-order valence-electron chi connectivity index (χ2n) is 4.46. The van der Waals surface area contributed by atoms with Gasteiger partial charge in [-0.2, -0.15) is 0 Å². The summed E-state index contributed by atoms with van der Waals surface area (Å²) in [5.74, 6) is 0. The molecule has 17 heavy (non-hydrogen) atoms. The molecule has 1 fully saturated rings. The van der Waals surface area contributed by atoms with Gasteiger partial charge in [0.2, 0.25) is 0 Å². The maximum atomic E-state index is 5.43. The third kappa shape index (κ3) is 8.55. The van der Waals surface area contributed by atoms with Gasteiger partial charge in [-0.15, -0.1) is 0 Å². The van der Waals surface area contributed by atoms with Crippen LogP contribution in [0, 0.1) is 0 Å². The van der Waals surface area contributed by atoms with Crippen molar-refractivity contribution in [2.45, 2.75) is 26.2 Å². The minimum absolute atomic E-state index is 0.838. The number of rotatable bonds is 9. The highest BCUT2D eigenvalue weighted by molar-refractivity contribution is 4.62. The molecule has 0 bridgehead atoms. The van der Waals surface area contributed by atoms with E-state index in [2.05, 4.69) is 10.2 Å². The Morgan fingerprint density at radius 1 is 1.18 bits per heavy atom. The van der Waals surface area contributed by atoms with Crippen molar-refractivity contribution in [2.24, 2.45) is 0 Å². The Morgan fingerprint density at radius 3 is 3.00 bits per heavy atom. The van der Waals surface area contributed by atoms with Crippen molar-refractivity contribution in [3.63, 3.8) is 0 Å². The molecule has 4 nitrogen and oxygen atoms in total. The summed E-state index contributed by atoms with van der Waals surface area (Å²) in [4.78, 5) is 2.49. The highest BCUT2D eigenvalue weighted by Gasteiger charge is 2.07. The Kier molecular flexibility index (Phi) is 9.61. The van der Waals surface area contributed by atoms with Crippen molar-refractivity contribution in [1.82, 2.24) is 10.2 Å². The largest absolute Gasteiger partial charge is 0.382 e. The molecule has 0 aromatic carbocycles. The van der Waals surface area contributed by atoms with Crippen LogP contribution in [0.1, 0.15) is 26.2 Å². The second-order valence-corrected chi connectivity index (χ2v) is 4.46. The van der Waals surface area contributed by atoms with E-state index in [0.29, 0.717) is 0 Å². The number of nitrogens with zero attached hydrogens (tertiary/aromatic N) is 1. The number of hydrogen-bond donors (Lipinski definition) is 1. The summed E-state index contributed by atoms with van der Waals surface area (Å²) in [5, 5.41) is 3.49. The van der Waals surface area contributed by atoms with E-state index in [1.54, 1.807) is 0 Å². The lowest BCUT2D eigenvalue weighted by Gasteiger charge is -2.19. The molecule has 0 aromatic rings. The van der Waals surface area contributed by atoms with E-state index in [-0.39, 0.29) is 0 Å². The zero-order valence-corrected chi connectivity index (χ0v) is 11.2. The summed E-state index contributed by atoms with van der Waals surface area (Å²) in [6.07, 6.45) is 3.55. The minimum Gasteiger partial charge on any atom is -0.382 e. The lowest BCUT2D eigenvalue weighted by molar-refractivity contribution is 0.141. The molecular formula is C13H28N2O2. The van der Waals surface area contributed by atoms with Crippen molar-refractivity contribution >= 4 is 0 Å². The van der Waals surface area contributed by atoms with Crippen molar-refractivity contribution in [1.29, 1.82) is 0 Å². The maximum absolute atomic E-state index is 5.43. The highest BCUT2D eigenvalue weighted by Crippen LogP contribution is 1.97. The van der Waals surface area contributed by atoms with Gasteiger partial charge in [0, 0.05) is 46.0 Å². The van der Waals surface area contributed by atoms with Crippen LogP contribution < -0.4 is 5.32 Å². The van der Waals surface area contributed by atoms with Gasteiger partial charge in [0.25, 0.3) is 0 Å². The van der Waals surface area contributed by atoms with Crippen LogP contribution >= 0.6 is 0 Å². The molecule has 0 spiro atoms. The van der Waals surface area contributed by atoms with Gasteiger partial charge in [-0.25, -0.2) is 0 Å². The van der Waals surface area contributed by atoms with Gasteiger partial charge in [0.05, 0.1) is 6.61 Å². The molecule has 0 atom stereocenters. The lowest BCUT2D eigenvalue weighted by atomic mass is 10.3. The molecule has 1 saturated heterocycles. The summed E-state index contributed by atoms with van der Waals surface area (Å²) in [5.41, 5.74) is 0. The highest BCUT2D eigenvalue weighted by atomic mass is 16.5. The molecule has 0 amide bonds. The first kappa shape index (κ1) is 14.9. The molecule has 0 unspecified atom stereocenters. The van der Waals surface area contributed by atoms with Crippen LogP contribution in [0.5, 0.6) is 0 Å². The van der Waals surface area contributed by atoms with Gasteiger partial charge in [0.15, 0.2) is 0 Å². The molecule has 1 N–H and O–H groups in total. The monoisotopic (exact) mass is 244 g/mol. The van der Waals surface area contributed by atoms with Crippen LogP contribution in [-0.2, 0) is 9.47 Å². The SMILES string of the molecule is CCOCCCCNCCN1CCCOCC1. The van der Waals surface area contributed by atoms with E-state index >= 15 is 0 Å². The van der Waals surface area contributed by atoms with Crippen molar-refractivity contribution in [2.75, 3.05) is 59.2 Å². The fourth-order valence-corrected chi connectivity index (χ4v) is 1.98. The van der Waals surface area contributed by atoms with Crippen molar-refractivity contribution in [3.05, 3.63) is 0 Å². The molecule has 1 aliphatic rings. The van der Waals surface area contributed by atoms with E-state index < -0.39 is 0 Å². The van der Waals surface area contributed by atoms with Crippen molar-refractivity contribution < 1.29 is 9.47 Å². The predicted octanol–water partition coefficient (Wildman–Crippen LogP) is 1.12. The number of ether oxygens (including phenoxy) is 2. The number of unbranched alkanes of at least 4 members (excludes halogenated alkanes) is 1. The smallest absolute Gasteiger partial charge is 0.0593 e. The molecule has 0 aromatic heterocycles. The van der Waals surface area contributed by atoms with Crippen LogP contribution in [-0.4, -0.2) is 64.1 Å². The van der Waals surface area contributed by atoms with E-state index in [9.17, 15) is 0 Å². The first-order chi connectivity index (χ1) is 8.43. The van der Waals surface area contributed by atoms with Crippen LogP contribution in [0.25, 0.3) is 0 Å². The fourth-order valence-electron chi connectivity index (χ4n) is 1.98. The molecular weight excluding hydrogens is 216 g/mol. The van der Waals surface area contributed by atoms with Crippen LogP contribution in [0.2, 0.25) is 0 Å². The van der Waals surface area contributed by atoms with Crippen LogP contribution in [0.3, 0.4) is 0 Å². The van der Waals surface area contributed by atoms with Gasteiger partial charge < -0.3 is 14.8 Å². The summed E-state index contributed by atoms with van der Waals surface area (Å²) >= 11 is 0. The topological polar surface area (TPSA) is 33.7 Å². The molecule has 102 valence electrons. The van der Waals surface area contributed by atoms with Crippen LogP contribution in [0.15, 0.2) is 0 Å². The summed E-state index contributed by atoms with van der Waals surface area (Å²) in [6.45, 7) is 11.2. The lowest BCUT2D eigenvalue weighted by Crippen LogP contribution is -2.34. The average molecular weight is 244 g/mol. The fraction of sp³-hybridized carbons (Fsp3) is 1.00. The van der Waals surface area contributed by atoms with Crippen molar-refractivity contribution in [3.8, 4) is 0 Å². The predicted molar refractivity (Wildman–Crippen MR) is 70.5 cm³/mol. The zero-order valence-electron chi connectivity index (χ0n) is 11.2. The molecule has 0 saturated carbocycles. The maximum Gasteiger partial charge on any atom is 0.0593 e. The molecule has 1 rings (SSSR count). The Balaban J connectivity index is 1.82. The summed E-state index contributed by atoms with van der Waals surface area (Å²) in [6, 6.07) is 0. The van der Waals surface area contributed by atoms with E-state index in [4.69, 9.17) is 9.47 Å². The second kappa shape index (κ2) is 11.0. The minimum atomic E-state index is 0.838. The summed E-state index contributed by atoms with van der Waals surface area (Å²) < 4.78 is 10.7. The van der Waals surface area contributed by atoms with E-state index in [1.165, 1.54) is 25.8 Å². The first-order valence-corrected chi connectivity index (χ1v) is 7.02. The van der Waals surface area contributed by atoms with Gasteiger partial charge >= 0.3 is 0 Å². The Morgan fingerprint density at radius 2 is 2.12 bits per heavy atom. The van der Waals surface area contributed by atoms with Gasteiger partial charge in [-0.3, -0.25) is 4.90 Å². The summed E-state index contributed by atoms with van der Waals surface area (Å²) in [7, 11) is 0. The molecule has 4 heteroatoms. The Bertz CT molecular complexity index is 159. The molecule has 0 radical (unpaired) electrons. The quantitative estimate of drug-likeness (QED) is 0.616. The molecule has 0 aliphatic carbocycles. The average Bonchev–Trinajstić information content (AvgIpc) is 2.61. The Hall–Kier alpha value is -0.160. The number of hydrogen-bond acceptors (Lipinski definition) is 4. The molecule has 1 aliphatic heterocycles. The van der Waals surface area contributed by atoms with Crippen LogP contribution in [0.4, 0.5) is 0 Å². The third-order valence-electron chi connectivity index (χ3n) is 3.02.